The molecule has 0 unspecified atom stereocenters. The standard InChI is InChI=1S/C23H24N2O3S/c1-4-25(22(26)20-12-13-21(29-20)23(27)28-3)19-10-8-18(9-11-19)24-15-17-7-5-6-16(2)14-17/h5-14,24H,4,15H2,1-3H3. The molecule has 0 saturated heterocycles. The predicted octanol–water partition coefficient (Wildman–Crippen LogP) is 5.12. The van der Waals surface area contributed by atoms with E-state index in [4.69, 9.17) is 4.74 Å². The van der Waals surface area contributed by atoms with Crippen molar-refractivity contribution in [1.29, 1.82) is 0 Å². The summed E-state index contributed by atoms with van der Waals surface area (Å²) in [5.41, 5.74) is 4.26. The number of carbonyl (C=O) groups excluding carboxylic acids is 2. The van der Waals surface area contributed by atoms with Crippen LogP contribution < -0.4 is 10.2 Å². The molecule has 0 radical (unpaired) electrons. The summed E-state index contributed by atoms with van der Waals surface area (Å²) in [5, 5.41) is 3.40. The van der Waals surface area contributed by atoms with Crippen LogP contribution in [0.4, 0.5) is 11.4 Å². The molecule has 6 heteroatoms. The molecular formula is C23H24N2O3S. The summed E-state index contributed by atoms with van der Waals surface area (Å²) in [4.78, 5) is 27.2. The quantitative estimate of drug-likeness (QED) is 0.551. The number of aryl methyl sites for hydroxylation is 1. The molecule has 29 heavy (non-hydrogen) atoms. The van der Waals surface area contributed by atoms with Crippen LogP contribution in [0.5, 0.6) is 0 Å². The Hall–Kier alpha value is -3.12. The molecule has 1 heterocycles. The normalized spacial score (nSPS) is 10.4. The molecule has 0 saturated carbocycles. The van der Waals surface area contributed by atoms with Gasteiger partial charge in [0.05, 0.1) is 12.0 Å². The van der Waals surface area contributed by atoms with Crippen LogP contribution in [0.25, 0.3) is 0 Å². The maximum atomic E-state index is 12.9. The minimum Gasteiger partial charge on any atom is -0.465 e. The van der Waals surface area contributed by atoms with Gasteiger partial charge in [0.15, 0.2) is 0 Å². The molecule has 1 aromatic heterocycles. The summed E-state index contributed by atoms with van der Waals surface area (Å²) < 4.78 is 4.71. The van der Waals surface area contributed by atoms with Crippen LogP contribution >= 0.6 is 11.3 Å². The third-order valence-electron chi connectivity index (χ3n) is 4.52. The van der Waals surface area contributed by atoms with Gasteiger partial charge in [0.25, 0.3) is 5.91 Å². The number of nitrogens with zero attached hydrogens (tertiary/aromatic N) is 1. The molecule has 2 aromatic carbocycles. The van der Waals surface area contributed by atoms with Gasteiger partial charge >= 0.3 is 5.97 Å². The molecule has 150 valence electrons. The van der Waals surface area contributed by atoms with Gasteiger partial charge < -0.3 is 15.0 Å². The third kappa shape index (κ3) is 5.03. The van der Waals surface area contributed by atoms with Gasteiger partial charge in [-0.15, -0.1) is 11.3 Å². The Labute approximate surface area is 174 Å². The lowest BCUT2D eigenvalue weighted by Gasteiger charge is -2.20. The molecule has 1 N–H and O–H groups in total. The van der Waals surface area contributed by atoms with Crippen LogP contribution in [0.1, 0.15) is 37.4 Å². The number of nitrogens with one attached hydrogen (secondary N) is 1. The minimum absolute atomic E-state index is 0.131. The van der Waals surface area contributed by atoms with Crippen LogP contribution in [0.3, 0.4) is 0 Å². The molecule has 0 fully saturated rings. The SMILES string of the molecule is CCN(C(=O)c1ccc(C(=O)OC)s1)c1ccc(NCc2cccc(C)c2)cc1. The summed E-state index contributed by atoms with van der Waals surface area (Å²) in [6.45, 7) is 5.27. The second-order valence-electron chi connectivity index (χ2n) is 6.59. The predicted molar refractivity (Wildman–Crippen MR) is 118 cm³/mol. The smallest absolute Gasteiger partial charge is 0.348 e. The summed E-state index contributed by atoms with van der Waals surface area (Å²) >= 11 is 1.14. The maximum absolute atomic E-state index is 12.9. The zero-order chi connectivity index (χ0) is 20.8. The first-order chi connectivity index (χ1) is 14.0. The Morgan fingerprint density at radius 3 is 2.41 bits per heavy atom. The first kappa shape index (κ1) is 20.6. The Balaban J connectivity index is 1.68. The minimum atomic E-state index is -0.430. The first-order valence-electron chi connectivity index (χ1n) is 9.41. The van der Waals surface area contributed by atoms with E-state index in [0.29, 0.717) is 16.3 Å². The molecule has 3 rings (SSSR count). The van der Waals surface area contributed by atoms with Gasteiger partial charge in [-0.1, -0.05) is 29.8 Å². The van der Waals surface area contributed by atoms with Crippen molar-refractivity contribution < 1.29 is 14.3 Å². The molecule has 0 bridgehead atoms. The van der Waals surface area contributed by atoms with Crippen molar-refractivity contribution in [1.82, 2.24) is 0 Å². The largest absolute Gasteiger partial charge is 0.465 e. The molecule has 0 aliphatic carbocycles. The van der Waals surface area contributed by atoms with E-state index in [-0.39, 0.29) is 5.91 Å². The fourth-order valence-electron chi connectivity index (χ4n) is 3.03. The Kier molecular flexibility index (Phi) is 6.67. The summed E-state index contributed by atoms with van der Waals surface area (Å²) in [6.07, 6.45) is 0. The number of hydrogen-bond acceptors (Lipinski definition) is 5. The van der Waals surface area contributed by atoms with Gasteiger partial charge in [-0.05, 0) is 55.8 Å². The Morgan fingerprint density at radius 1 is 1.03 bits per heavy atom. The van der Waals surface area contributed by atoms with Crippen molar-refractivity contribution in [2.24, 2.45) is 0 Å². The molecular weight excluding hydrogens is 384 g/mol. The van der Waals surface area contributed by atoms with Crippen LogP contribution in [0, 0.1) is 6.92 Å². The number of hydrogen-bond donors (Lipinski definition) is 1. The number of anilines is 2. The highest BCUT2D eigenvalue weighted by Crippen LogP contribution is 2.24. The van der Waals surface area contributed by atoms with Crippen molar-refractivity contribution >= 4 is 34.6 Å². The van der Waals surface area contributed by atoms with E-state index in [2.05, 4.69) is 36.5 Å². The fraction of sp³-hybridized carbons (Fsp3) is 0.217. The van der Waals surface area contributed by atoms with Crippen LogP contribution in [-0.4, -0.2) is 25.5 Å². The highest BCUT2D eigenvalue weighted by atomic mass is 32.1. The van der Waals surface area contributed by atoms with Crippen molar-refractivity contribution in [3.05, 3.63) is 81.5 Å². The van der Waals surface area contributed by atoms with E-state index in [0.717, 1.165) is 29.3 Å². The molecule has 1 amide bonds. The van der Waals surface area contributed by atoms with E-state index in [1.165, 1.54) is 18.2 Å². The second-order valence-corrected chi connectivity index (χ2v) is 7.68. The Morgan fingerprint density at radius 2 is 1.76 bits per heavy atom. The van der Waals surface area contributed by atoms with Gasteiger partial charge in [0.2, 0.25) is 0 Å². The lowest BCUT2D eigenvalue weighted by molar-refractivity contribution is 0.0606. The third-order valence-corrected chi connectivity index (χ3v) is 5.58. The fourth-order valence-corrected chi connectivity index (χ4v) is 3.90. The highest BCUT2D eigenvalue weighted by Gasteiger charge is 2.20. The van der Waals surface area contributed by atoms with Gasteiger partial charge in [0.1, 0.15) is 4.88 Å². The number of thiophene rings is 1. The van der Waals surface area contributed by atoms with Gasteiger partial charge in [-0.2, -0.15) is 0 Å². The molecule has 3 aromatic rings. The molecule has 0 spiro atoms. The summed E-state index contributed by atoms with van der Waals surface area (Å²) in [5.74, 6) is -0.561. The summed E-state index contributed by atoms with van der Waals surface area (Å²) in [6, 6.07) is 19.5. The molecule has 5 nitrogen and oxygen atoms in total. The second kappa shape index (κ2) is 9.39. The van der Waals surface area contributed by atoms with Crippen molar-refractivity contribution in [3.63, 3.8) is 0 Å². The number of amides is 1. The van der Waals surface area contributed by atoms with Crippen LogP contribution in [0.15, 0.2) is 60.7 Å². The molecule has 0 atom stereocenters. The average Bonchev–Trinajstić information content (AvgIpc) is 3.23. The first-order valence-corrected chi connectivity index (χ1v) is 10.2. The van der Waals surface area contributed by atoms with E-state index in [1.54, 1.807) is 17.0 Å². The van der Waals surface area contributed by atoms with Gasteiger partial charge in [-0.25, -0.2) is 4.79 Å². The van der Waals surface area contributed by atoms with Crippen LogP contribution in [-0.2, 0) is 11.3 Å². The van der Waals surface area contributed by atoms with E-state index in [1.807, 2.05) is 31.2 Å². The van der Waals surface area contributed by atoms with E-state index >= 15 is 0 Å². The number of methoxy groups -OCH3 is 1. The number of esters is 1. The van der Waals surface area contributed by atoms with Crippen molar-refractivity contribution in [2.75, 3.05) is 23.9 Å². The number of benzene rings is 2. The number of carbonyl (C=O) groups is 2. The van der Waals surface area contributed by atoms with Crippen molar-refractivity contribution in [3.8, 4) is 0 Å². The topological polar surface area (TPSA) is 58.6 Å². The van der Waals surface area contributed by atoms with E-state index in [9.17, 15) is 9.59 Å². The van der Waals surface area contributed by atoms with Crippen LogP contribution in [0.2, 0.25) is 0 Å². The molecule has 0 aliphatic rings. The number of rotatable bonds is 7. The zero-order valence-corrected chi connectivity index (χ0v) is 17.6. The maximum Gasteiger partial charge on any atom is 0.348 e. The zero-order valence-electron chi connectivity index (χ0n) is 16.8. The van der Waals surface area contributed by atoms with E-state index < -0.39 is 5.97 Å². The highest BCUT2D eigenvalue weighted by molar-refractivity contribution is 7.16. The van der Waals surface area contributed by atoms with Gasteiger partial charge in [-0.3, -0.25) is 4.79 Å². The van der Waals surface area contributed by atoms with Crippen molar-refractivity contribution in [2.45, 2.75) is 20.4 Å². The Bertz CT molecular complexity index is 995. The monoisotopic (exact) mass is 408 g/mol. The average molecular weight is 409 g/mol. The summed E-state index contributed by atoms with van der Waals surface area (Å²) in [7, 11) is 1.33. The van der Waals surface area contributed by atoms with Gasteiger partial charge in [0, 0.05) is 24.5 Å². The molecule has 0 aliphatic heterocycles. The lowest BCUT2D eigenvalue weighted by Crippen LogP contribution is -2.29. The lowest BCUT2D eigenvalue weighted by atomic mass is 10.1. The number of ether oxygens (including phenoxy) is 1.